The number of rotatable bonds is 3. The molecule has 82 valence electrons. The van der Waals surface area contributed by atoms with E-state index in [2.05, 4.69) is 4.98 Å². The number of ether oxygens (including phenoxy) is 2. The van der Waals surface area contributed by atoms with Crippen molar-refractivity contribution in [2.45, 2.75) is 31.6 Å². The molecule has 0 amide bonds. The molecule has 1 aliphatic carbocycles. The highest BCUT2D eigenvalue weighted by Gasteiger charge is 2.41. The molecule has 0 radical (unpaired) electrons. The fourth-order valence-corrected chi connectivity index (χ4v) is 1.82. The van der Waals surface area contributed by atoms with Gasteiger partial charge in [0.2, 0.25) is 0 Å². The first-order valence-electron chi connectivity index (χ1n) is 5.09. The fourth-order valence-electron chi connectivity index (χ4n) is 1.82. The van der Waals surface area contributed by atoms with Gasteiger partial charge in [-0.1, -0.05) is 0 Å². The molecule has 0 bridgehead atoms. The standard InChI is InChI=1S/C11H16N2O2/c1-7-9(4-3-5-13-7)15-10-6-8(12)11(10)14-2/h3-5,8,10-11H,6,12H2,1-2H3. The van der Waals surface area contributed by atoms with E-state index in [-0.39, 0.29) is 18.2 Å². The number of hydrogen-bond acceptors (Lipinski definition) is 4. The summed E-state index contributed by atoms with van der Waals surface area (Å²) in [7, 11) is 1.66. The Morgan fingerprint density at radius 1 is 1.53 bits per heavy atom. The van der Waals surface area contributed by atoms with Gasteiger partial charge in [0, 0.05) is 25.8 Å². The Bertz CT molecular complexity index is 343. The van der Waals surface area contributed by atoms with E-state index in [1.807, 2.05) is 19.1 Å². The van der Waals surface area contributed by atoms with E-state index in [0.29, 0.717) is 0 Å². The van der Waals surface area contributed by atoms with Crippen LogP contribution in [0, 0.1) is 6.92 Å². The van der Waals surface area contributed by atoms with Crippen LogP contribution in [-0.4, -0.2) is 30.3 Å². The number of nitrogens with two attached hydrogens (primary N) is 1. The van der Waals surface area contributed by atoms with E-state index < -0.39 is 0 Å². The second kappa shape index (κ2) is 4.16. The van der Waals surface area contributed by atoms with Gasteiger partial charge in [-0.15, -0.1) is 0 Å². The van der Waals surface area contributed by atoms with Gasteiger partial charge in [-0.25, -0.2) is 0 Å². The molecule has 1 saturated carbocycles. The normalized spacial score (nSPS) is 29.7. The van der Waals surface area contributed by atoms with Crippen LogP contribution in [0.3, 0.4) is 0 Å². The van der Waals surface area contributed by atoms with Crippen molar-refractivity contribution < 1.29 is 9.47 Å². The summed E-state index contributed by atoms with van der Waals surface area (Å²) in [5.41, 5.74) is 6.69. The van der Waals surface area contributed by atoms with Crippen LogP contribution in [0.1, 0.15) is 12.1 Å². The summed E-state index contributed by atoms with van der Waals surface area (Å²) in [6.45, 7) is 1.93. The quantitative estimate of drug-likeness (QED) is 0.801. The van der Waals surface area contributed by atoms with Gasteiger partial charge in [0.05, 0.1) is 5.69 Å². The lowest BCUT2D eigenvalue weighted by molar-refractivity contribution is -0.0785. The number of pyridine rings is 1. The lowest BCUT2D eigenvalue weighted by atomic mass is 9.86. The summed E-state index contributed by atoms with van der Waals surface area (Å²) in [6.07, 6.45) is 2.66. The molecule has 1 fully saturated rings. The molecule has 4 nitrogen and oxygen atoms in total. The molecule has 4 heteroatoms. The first kappa shape index (κ1) is 10.4. The molecule has 15 heavy (non-hydrogen) atoms. The second-order valence-electron chi connectivity index (χ2n) is 3.84. The number of aromatic nitrogens is 1. The third kappa shape index (κ3) is 1.96. The van der Waals surface area contributed by atoms with Gasteiger partial charge in [0.25, 0.3) is 0 Å². The molecule has 1 aromatic rings. The zero-order valence-electron chi connectivity index (χ0n) is 9.01. The van der Waals surface area contributed by atoms with Gasteiger partial charge < -0.3 is 15.2 Å². The van der Waals surface area contributed by atoms with Crippen LogP contribution >= 0.6 is 0 Å². The summed E-state index contributed by atoms with van der Waals surface area (Å²) in [5, 5.41) is 0. The molecule has 2 N–H and O–H groups in total. The first-order valence-corrected chi connectivity index (χ1v) is 5.09. The SMILES string of the molecule is COC1C(N)CC1Oc1cccnc1C. The lowest BCUT2D eigenvalue weighted by Gasteiger charge is -2.41. The molecular formula is C11H16N2O2. The average molecular weight is 208 g/mol. The van der Waals surface area contributed by atoms with Crippen LogP contribution < -0.4 is 10.5 Å². The number of aryl methyl sites for hydroxylation is 1. The van der Waals surface area contributed by atoms with Crippen molar-refractivity contribution in [2.24, 2.45) is 5.73 Å². The zero-order chi connectivity index (χ0) is 10.8. The van der Waals surface area contributed by atoms with Gasteiger partial charge in [0.1, 0.15) is 18.0 Å². The van der Waals surface area contributed by atoms with E-state index in [1.165, 1.54) is 0 Å². The van der Waals surface area contributed by atoms with Gasteiger partial charge >= 0.3 is 0 Å². The largest absolute Gasteiger partial charge is 0.486 e. The predicted octanol–water partition coefficient (Wildman–Crippen LogP) is 0.883. The number of nitrogens with zero attached hydrogens (tertiary/aromatic N) is 1. The van der Waals surface area contributed by atoms with E-state index in [4.69, 9.17) is 15.2 Å². The molecule has 1 aliphatic rings. The van der Waals surface area contributed by atoms with Crippen LogP contribution in [0.4, 0.5) is 0 Å². The summed E-state index contributed by atoms with van der Waals surface area (Å²) >= 11 is 0. The van der Waals surface area contributed by atoms with Gasteiger partial charge in [-0.2, -0.15) is 0 Å². The summed E-state index contributed by atoms with van der Waals surface area (Å²) in [5.74, 6) is 0.816. The minimum atomic E-state index is 0.00426. The van der Waals surface area contributed by atoms with Gasteiger partial charge in [-0.3, -0.25) is 4.98 Å². The number of methoxy groups -OCH3 is 1. The van der Waals surface area contributed by atoms with Gasteiger partial charge in [-0.05, 0) is 19.1 Å². The van der Waals surface area contributed by atoms with Crippen molar-refractivity contribution >= 4 is 0 Å². The highest BCUT2D eigenvalue weighted by Crippen LogP contribution is 2.28. The Balaban J connectivity index is 2.01. The summed E-state index contributed by atoms with van der Waals surface area (Å²) < 4.78 is 11.0. The summed E-state index contributed by atoms with van der Waals surface area (Å²) in [6, 6.07) is 3.87. The Morgan fingerprint density at radius 3 is 2.93 bits per heavy atom. The van der Waals surface area contributed by atoms with Crippen molar-refractivity contribution in [1.29, 1.82) is 0 Å². The van der Waals surface area contributed by atoms with Crippen molar-refractivity contribution in [3.8, 4) is 5.75 Å². The van der Waals surface area contributed by atoms with Crippen LogP contribution in [-0.2, 0) is 4.74 Å². The van der Waals surface area contributed by atoms with Crippen LogP contribution in [0.25, 0.3) is 0 Å². The van der Waals surface area contributed by atoms with E-state index in [9.17, 15) is 0 Å². The van der Waals surface area contributed by atoms with Crippen LogP contribution in [0.5, 0.6) is 5.75 Å². The Labute approximate surface area is 89.4 Å². The summed E-state index contributed by atoms with van der Waals surface area (Å²) in [4.78, 5) is 4.16. The van der Waals surface area contributed by atoms with Crippen molar-refractivity contribution in [2.75, 3.05) is 7.11 Å². The molecule has 0 spiro atoms. The number of hydrogen-bond donors (Lipinski definition) is 1. The molecule has 0 aromatic carbocycles. The highest BCUT2D eigenvalue weighted by molar-refractivity contribution is 5.26. The molecule has 2 rings (SSSR count). The maximum atomic E-state index is 5.79. The molecule has 3 atom stereocenters. The van der Waals surface area contributed by atoms with E-state index in [0.717, 1.165) is 17.9 Å². The monoisotopic (exact) mass is 208 g/mol. The average Bonchev–Trinajstić information content (AvgIpc) is 2.20. The Kier molecular flexibility index (Phi) is 2.88. The Hall–Kier alpha value is -1.13. The topological polar surface area (TPSA) is 57.4 Å². The first-order chi connectivity index (χ1) is 7.22. The molecule has 1 aromatic heterocycles. The van der Waals surface area contributed by atoms with Gasteiger partial charge in [0.15, 0.2) is 0 Å². The highest BCUT2D eigenvalue weighted by atomic mass is 16.5. The maximum absolute atomic E-state index is 5.79. The van der Waals surface area contributed by atoms with Crippen molar-refractivity contribution in [3.05, 3.63) is 24.0 Å². The van der Waals surface area contributed by atoms with Crippen LogP contribution in [0.2, 0.25) is 0 Å². The third-order valence-electron chi connectivity index (χ3n) is 2.80. The minimum Gasteiger partial charge on any atom is -0.486 e. The van der Waals surface area contributed by atoms with Crippen molar-refractivity contribution in [1.82, 2.24) is 4.98 Å². The molecule has 3 unspecified atom stereocenters. The Morgan fingerprint density at radius 2 is 2.33 bits per heavy atom. The lowest BCUT2D eigenvalue weighted by Crippen LogP contribution is -2.59. The molecular weight excluding hydrogens is 192 g/mol. The second-order valence-corrected chi connectivity index (χ2v) is 3.84. The third-order valence-corrected chi connectivity index (χ3v) is 2.80. The maximum Gasteiger partial charge on any atom is 0.141 e. The molecule has 1 heterocycles. The predicted molar refractivity (Wildman–Crippen MR) is 56.8 cm³/mol. The van der Waals surface area contributed by atoms with Crippen LogP contribution in [0.15, 0.2) is 18.3 Å². The van der Waals surface area contributed by atoms with E-state index >= 15 is 0 Å². The zero-order valence-corrected chi connectivity index (χ0v) is 9.01. The smallest absolute Gasteiger partial charge is 0.141 e. The molecule has 0 aliphatic heterocycles. The minimum absolute atomic E-state index is 0.00426. The fraction of sp³-hybridized carbons (Fsp3) is 0.545. The van der Waals surface area contributed by atoms with E-state index in [1.54, 1.807) is 13.3 Å². The van der Waals surface area contributed by atoms with Crippen molar-refractivity contribution in [3.63, 3.8) is 0 Å². The molecule has 0 saturated heterocycles.